The lowest BCUT2D eigenvalue weighted by Crippen LogP contribution is -1.97. The molecule has 2 heteroatoms. The van der Waals surface area contributed by atoms with Gasteiger partial charge in [0.2, 0.25) is 0 Å². The predicted octanol–water partition coefficient (Wildman–Crippen LogP) is 4.39. The molecule has 0 atom stereocenters. The summed E-state index contributed by atoms with van der Waals surface area (Å²) in [6.45, 7) is 4.26. The summed E-state index contributed by atoms with van der Waals surface area (Å²) in [5.41, 5.74) is 5.03. The maximum atomic E-state index is 6.13. The number of halogens is 1. The van der Waals surface area contributed by atoms with Crippen LogP contribution in [0.1, 0.15) is 29.3 Å². The number of pyridine rings is 1. The zero-order valence-electron chi connectivity index (χ0n) is 10.9. The normalized spacial score (nSPS) is 10.6. The first-order valence-electron chi connectivity index (χ1n) is 6.38. The number of benzene rings is 1. The Balaban J connectivity index is 2.11. The molecule has 0 spiro atoms. The van der Waals surface area contributed by atoms with Gasteiger partial charge in [-0.2, -0.15) is 0 Å². The summed E-state index contributed by atoms with van der Waals surface area (Å²) >= 11 is 6.13. The van der Waals surface area contributed by atoms with Gasteiger partial charge in [-0.25, -0.2) is 0 Å². The van der Waals surface area contributed by atoms with Gasteiger partial charge in [0.05, 0.1) is 0 Å². The summed E-state index contributed by atoms with van der Waals surface area (Å²) in [5.74, 6) is 0. The highest BCUT2D eigenvalue weighted by Crippen LogP contribution is 2.17. The Hall–Kier alpha value is -1.34. The number of hydrogen-bond acceptors (Lipinski definition) is 1. The van der Waals surface area contributed by atoms with Crippen LogP contribution in [-0.2, 0) is 19.3 Å². The molecule has 0 bridgehead atoms. The van der Waals surface area contributed by atoms with Crippen LogP contribution in [0.5, 0.6) is 0 Å². The van der Waals surface area contributed by atoms with Crippen LogP contribution in [0.3, 0.4) is 0 Å². The lowest BCUT2D eigenvalue weighted by Gasteiger charge is -2.07. The molecule has 1 aromatic heterocycles. The molecule has 1 heterocycles. The fraction of sp³-hybridized carbons (Fsp3) is 0.312. The number of hydrogen-bond donors (Lipinski definition) is 0. The van der Waals surface area contributed by atoms with E-state index in [9.17, 15) is 0 Å². The van der Waals surface area contributed by atoms with Crippen molar-refractivity contribution in [3.05, 3.63) is 63.9 Å². The Labute approximate surface area is 114 Å². The van der Waals surface area contributed by atoms with Crippen LogP contribution in [0.4, 0.5) is 0 Å². The lowest BCUT2D eigenvalue weighted by molar-refractivity contribution is 0.897. The van der Waals surface area contributed by atoms with Crippen molar-refractivity contribution < 1.29 is 0 Å². The predicted molar refractivity (Wildman–Crippen MR) is 77.2 cm³/mol. The van der Waals surface area contributed by atoms with Gasteiger partial charge >= 0.3 is 0 Å². The van der Waals surface area contributed by atoms with Crippen molar-refractivity contribution in [2.75, 3.05) is 0 Å². The van der Waals surface area contributed by atoms with Gasteiger partial charge in [0, 0.05) is 16.9 Å². The lowest BCUT2D eigenvalue weighted by atomic mass is 10.0. The minimum atomic E-state index is 0.835. The Morgan fingerprint density at radius 3 is 2.61 bits per heavy atom. The van der Waals surface area contributed by atoms with Crippen LogP contribution in [0.2, 0.25) is 5.02 Å². The maximum absolute atomic E-state index is 6.13. The maximum Gasteiger partial charge on any atom is 0.0436 e. The fourth-order valence-corrected chi connectivity index (χ4v) is 2.39. The average Bonchev–Trinajstić information content (AvgIpc) is 2.37. The molecule has 0 N–H and O–H groups in total. The molecule has 2 aromatic rings. The van der Waals surface area contributed by atoms with E-state index in [4.69, 9.17) is 11.6 Å². The van der Waals surface area contributed by atoms with Crippen LogP contribution < -0.4 is 0 Å². The molecule has 0 fully saturated rings. The second-order valence-corrected chi connectivity index (χ2v) is 5.02. The molecule has 0 amide bonds. The quantitative estimate of drug-likeness (QED) is 0.794. The zero-order valence-corrected chi connectivity index (χ0v) is 11.7. The number of aromatic nitrogens is 1. The summed E-state index contributed by atoms with van der Waals surface area (Å²) in [5, 5.41) is 0.835. The number of aryl methyl sites for hydroxylation is 4. The molecule has 1 nitrogen and oxygen atoms in total. The highest BCUT2D eigenvalue weighted by atomic mass is 35.5. The van der Waals surface area contributed by atoms with Gasteiger partial charge in [0.15, 0.2) is 0 Å². The number of rotatable bonds is 4. The molecule has 18 heavy (non-hydrogen) atoms. The molecule has 1 aromatic carbocycles. The van der Waals surface area contributed by atoms with Gasteiger partial charge in [-0.3, -0.25) is 4.98 Å². The van der Waals surface area contributed by atoms with E-state index in [-0.39, 0.29) is 0 Å². The van der Waals surface area contributed by atoms with E-state index in [0.29, 0.717) is 0 Å². The van der Waals surface area contributed by atoms with Crippen molar-refractivity contribution in [1.29, 1.82) is 0 Å². The van der Waals surface area contributed by atoms with E-state index in [1.54, 1.807) is 0 Å². The van der Waals surface area contributed by atoms with Crippen molar-refractivity contribution in [2.24, 2.45) is 0 Å². The van der Waals surface area contributed by atoms with E-state index in [2.05, 4.69) is 37.0 Å². The Kier molecular flexibility index (Phi) is 4.38. The SMILES string of the molecule is CCc1cc(Cl)cc(CCc2ncccc2C)c1. The van der Waals surface area contributed by atoms with Crippen LogP contribution in [0, 0.1) is 6.92 Å². The minimum Gasteiger partial charge on any atom is -0.261 e. The van der Waals surface area contributed by atoms with E-state index >= 15 is 0 Å². The van der Waals surface area contributed by atoms with Crippen molar-refractivity contribution >= 4 is 11.6 Å². The highest BCUT2D eigenvalue weighted by Gasteiger charge is 2.02. The molecule has 0 saturated carbocycles. The topological polar surface area (TPSA) is 12.9 Å². The summed E-state index contributed by atoms with van der Waals surface area (Å²) in [6.07, 6.45) is 4.84. The smallest absolute Gasteiger partial charge is 0.0436 e. The van der Waals surface area contributed by atoms with Crippen LogP contribution in [-0.4, -0.2) is 4.98 Å². The van der Waals surface area contributed by atoms with Gasteiger partial charge in [-0.15, -0.1) is 0 Å². The molecule has 0 radical (unpaired) electrons. The van der Waals surface area contributed by atoms with Crippen molar-refractivity contribution in [1.82, 2.24) is 4.98 Å². The van der Waals surface area contributed by atoms with Crippen LogP contribution in [0.15, 0.2) is 36.5 Å². The van der Waals surface area contributed by atoms with Crippen molar-refractivity contribution in [3.8, 4) is 0 Å². The van der Waals surface area contributed by atoms with Crippen LogP contribution in [0.25, 0.3) is 0 Å². The third-order valence-corrected chi connectivity index (χ3v) is 3.41. The van der Waals surface area contributed by atoms with Gasteiger partial charge < -0.3 is 0 Å². The molecular formula is C16H18ClN. The molecule has 0 unspecified atom stereocenters. The molecule has 0 aliphatic heterocycles. The monoisotopic (exact) mass is 259 g/mol. The van der Waals surface area contributed by atoms with Gasteiger partial charge in [0.25, 0.3) is 0 Å². The second-order valence-electron chi connectivity index (χ2n) is 4.59. The average molecular weight is 260 g/mol. The molecular weight excluding hydrogens is 242 g/mol. The standard InChI is InChI=1S/C16H18ClN/c1-3-13-9-14(11-15(17)10-13)6-7-16-12(2)5-4-8-18-16/h4-5,8-11H,3,6-7H2,1-2H3. The Morgan fingerprint density at radius 1 is 1.11 bits per heavy atom. The van der Waals surface area contributed by atoms with E-state index in [1.807, 2.05) is 18.3 Å². The summed E-state index contributed by atoms with van der Waals surface area (Å²) < 4.78 is 0. The van der Waals surface area contributed by atoms with Crippen molar-refractivity contribution in [2.45, 2.75) is 33.1 Å². The zero-order chi connectivity index (χ0) is 13.0. The Morgan fingerprint density at radius 2 is 1.89 bits per heavy atom. The van der Waals surface area contributed by atoms with Gasteiger partial charge in [0.1, 0.15) is 0 Å². The Bertz CT molecular complexity index is 534. The van der Waals surface area contributed by atoms with E-state index in [0.717, 1.165) is 24.3 Å². The van der Waals surface area contributed by atoms with E-state index in [1.165, 1.54) is 22.4 Å². The first-order chi connectivity index (χ1) is 8.69. The summed E-state index contributed by atoms with van der Waals surface area (Å²) in [4.78, 5) is 4.43. The molecule has 0 saturated heterocycles. The molecule has 0 aliphatic carbocycles. The van der Waals surface area contributed by atoms with Crippen LogP contribution >= 0.6 is 11.6 Å². The highest BCUT2D eigenvalue weighted by molar-refractivity contribution is 6.30. The number of nitrogens with zero attached hydrogens (tertiary/aromatic N) is 1. The molecule has 0 aliphatic rings. The third kappa shape index (κ3) is 3.33. The fourth-order valence-electron chi connectivity index (χ4n) is 2.11. The largest absolute Gasteiger partial charge is 0.261 e. The first kappa shape index (κ1) is 13.1. The van der Waals surface area contributed by atoms with Gasteiger partial charge in [-0.1, -0.05) is 30.7 Å². The minimum absolute atomic E-state index is 0.835. The first-order valence-corrected chi connectivity index (χ1v) is 6.75. The molecule has 94 valence electrons. The van der Waals surface area contributed by atoms with Crippen molar-refractivity contribution in [3.63, 3.8) is 0 Å². The summed E-state index contributed by atoms with van der Waals surface area (Å²) in [6, 6.07) is 10.4. The summed E-state index contributed by atoms with van der Waals surface area (Å²) in [7, 11) is 0. The second kappa shape index (κ2) is 6.01. The van der Waals surface area contributed by atoms with Gasteiger partial charge in [-0.05, 0) is 61.1 Å². The van der Waals surface area contributed by atoms with E-state index < -0.39 is 0 Å². The molecule has 2 rings (SSSR count). The third-order valence-electron chi connectivity index (χ3n) is 3.19.